The fourth-order valence-electron chi connectivity index (χ4n) is 0.931. The van der Waals surface area contributed by atoms with Gasteiger partial charge in [-0.15, -0.1) is 0 Å². The number of carbonyl (C=O) groups is 1. The van der Waals surface area contributed by atoms with Gasteiger partial charge in [-0.25, -0.2) is 5.48 Å². The zero-order chi connectivity index (χ0) is 10.2. The summed E-state index contributed by atoms with van der Waals surface area (Å²) in [4.78, 5) is 14.6. The Labute approximate surface area is 82.2 Å². The number of hydrogen-bond acceptors (Lipinski definition) is 3. The summed E-state index contributed by atoms with van der Waals surface area (Å²) in [6, 6.07) is 9.62. The second kappa shape index (κ2) is 5.88. The van der Waals surface area contributed by atoms with E-state index in [4.69, 9.17) is 5.21 Å². The van der Waals surface area contributed by atoms with Crippen molar-refractivity contribution < 1.29 is 10.0 Å². The molecule has 0 radical (unpaired) electrons. The number of hydrogen-bond donors (Lipinski definition) is 2. The van der Waals surface area contributed by atoms with Crippen molar-refractivity contribution in [2.75, 3.05) is 6.54 Å². The highest BCUT2D eigenvalue weighted by atomic mass is 16.5. The van der Waals surface area contributed by atoms with Gasteiger partial charge >= 0.3 is 0 Å². The monoisotopic (exact) mass is 192 g/mol. The second-order valence-electron chi connectivity index (χ2n) is 2.73. The van der Waals surface area contributed by atoms with Crippen molar-refractivity contribution in [1.29, 1.82) is 0 Å². The highest BCUT2D eigenvalue weighted by molar-refractivity contribution is 5.80. The Kier molecular flexibility index (Phi) is 4.37. The SMILES string of the molecule is O=C(CCN=Cc1ccccc1)NO. The first-order valence-electron chi connectivity index (χ1n) is 4.31. The minimum Gasteiger partial charge on any atom is -0.292 e. The molecule has 2 N–H and O–H groups in total. The van der Waals surface area contributed by atoms with Crippen LogP contribution in [0.4, 0.5) is 0 Å². The van der Waals surface area contributed by atoms with Crippen LogP contribution in [0.3, 0.4) is 0 Å². The first kappa shape index (κ1) is 10.4. The Morgan fingerprint density at radius 1 is 1.43 bits per heavy atom. The lowest BCUT2D eigenvalue weighted by Crippen LogP contribution is -2.18. The van der Waals surface area contributed by atoms with Crippen molar-refractivity contribution in [3.8, 4) is 0 Å². The molecule has 14 heavy (non-hydrogen) atoms. The molecule has 0 atom stereocenters. The van der Waals surface area contributed by atoms with E-state index in [0.717, 1.165) is 5.56 Å². The van der Waals surface area contributed by atoms with Crippen LogP contribution in [0.5, 0.6) is 0 Å². The summed E-state index contributed by atoms with van der Waals surface area (Å²) in [5, 5.41) is 8.20. The van der Waals surface area contributed by atoms with Gasteiger partial charge in [0.05, 0.1) is 0 Å². The van der Waals surface area contributed by atoms with E-state index in [1.807, 2.05) is 30.3 Å². The largest absolute Gasteiger partial charge is 0.292 e. The van der Waals surface area contributed by atoms with E-state index in [1.54, 1.807) is 11.7 Å². The van der Waals surface area contributed by atoms with Crippen molar-refractivity contribution in [1.82, 2.24) is 5.48 Å². The number of benzene rings is 1. The number of amides is 1. The molecule has 0 saturated carbocycles. The third kappa shape index (κ3) is 3.82. The summed E-state index contributed by atoms with van der Waals surface area (Å²) < 4.78 is 0. The first-order chi connectivity index (χ1) is 6.83. The molecule has 0 aromatic heterocycles. The molecule has 0 spiro atoms. The van der Waals surface area contributed by atoms with Gasteiger partial charge in [-0.2, -0.15) is 0 Å². The van der Waals surface area contributed by atoms with Crippen LogP contribution in [0.15, 0.2) is 35.3 Å². The lowest BCUT2D eigenvalue weighted by atomic mass is 10.2. The van der Waals surface area contributed by atoms with E-state index >= 15 is 0 Å². The number of carbonyl (C=O) groups excluding carboxylic acids is 1. The van der Waals surface area contributed by atoms with Gasteiger partial charge in [0.25, 0.3) is 0 Å². The van der Waals surface area contributed by atoms with Gasteiger partial charge in [0.1, 0.15) is 0 Å². The lowest BCUT2D eigenvalue weighted by Gasteiger charge is -1.94. The molecule has 0 fully saturated rings. The Balaban J connectivity index is 2.31. The third-order valence-electron chi connectivity index (χ3n) is 1.63. The smallest absolute Gasteiger partial charge is 0.245 e. The van der Waals surface area contributed by atoms with Gasteiger partial charge in [0.15, 0.2) is 0 Å². The van der Waals surface area contributed by atoms with Crippen LogP contribution in [0, 0.1) is 0 Å². The van der Waals surface area contributed by atoms with Crippen molar-refractivity contribution in [2.45, 2.75) is 6.42 Å². The zero-order valence-corrected chi connectivity index (χ0v) is 7.68. The van der Waals surface area contributed by atoms with E-state index in [0.29, 0.717) is 6.54 Å². The topological polar surface area (TPSA) is 61.7 Å². The molecule has 0 aliphatic rings. The maximum Gasteiger partial charge on any atom is 0.245 e. The molecular formula is C10H12N2O2. The molecular weight excluding hydrogens is 180 g/mol. The Morgan fingerprint density at radius 3 is 2.79 bits per heavy atom. The van der Waals surface area contributed by atoms with Crippen LogP contribution in [0.25, 0.3) is 0 Å². The fraction of sp³-hybridized carbons (Fsp3) is 0.200. The van der Waals surface area contributed by atoms with Gasteiger partial charge in [-0.1, -0.05) is 30.3 Å². The van der Waals surface area contributed by atoms with Gasteiger partial charge in [0, 0.05) is 19.2 Å². The molecule has 0 saturated heterocycles. The lowest BCUT2D eigenvalue weighted by molar-refractivity contribution is -0.128. The van der Waals surface area contributed by atoms with E-state index in [-0.39, 0.29) is 6.42 Å². The molecule has 0 aliphatic heterocycles. The van der Waals surface area contributed by atoms with Crippen molar-refractivity contribution in [3.63, 3.8) is 0 Å². The molecule has 1 aromatic carbocycles. The predicted octanol–water partition coefficient (Wildman–Crippen LogP) is 1.00. The van der Waals surface area contributed by atoms with Crippen molar-refractivity contribution in [2.24, 2.45) is 4.99 Å². The van der Waals surface area contributed by atoms with Crippen LogP contribution in [0.1, 0.15) is 12.0 Å². The van der Waals surface area contributed by atoms with Crippen molar-refractivity contribution in [3.05, 3.63) is 35.9 Å². The fourth-order valence-corrected chi connectivity index (χ4v) is 0.931. The molecule has 0 heterocycles. The first-order valence-corrected chi connectivity index (χ1v) is 4.31. The third-order valence-corrected chi connectivity index (χ3v) is 1.63. The Morgan fingerprint density at radius 2 is 2.14 bits per heavy atom. The van der Waals surface area contributed by atoms with E-state index in [1.165, 1.54) is 0 Å². The van der Waals surface area contributed by atoms with Gasteiger partial charge in [-0.05, 0) is 5.56 Å². The van der Waals surface area contributed by atoms with E-state index in [9.17, 15) is 4.79 Å². The van der Waals surface area contributed by atoms with E-state index in [2.05, 4.69) is 4.99 Å². The van der Waals surface area contributed by atoms with Crippen LogP contribution < -0.4 is 5.48 Å². The normalized spacial score (nSPS) is 10.4. The van der Waals surface area contributed by atoms with Crippen molar-refractivity contribution >= 4 is 12.1 Å². The summed E-state index contributed by atoms with van der Waals surface area (Å²) in [5.74, 6) is -0.421. The van der Waals surface area contributed by atoms with Crippen LogP contribution in [-0.2, 0) is 4.79 Å². The molecule has 1 rings (SSSR count). The minimum atomic E-state index is -0.421. The number of rotatable bonds is 4. The summed E-state index contributed by atoms with van der Waals surface area (Å²) >= 11 is 0. The number of hydroxylamine groups is 1. The van der Waals surface area contributed by atoms with Gasteiger partial charge in [-0.3, -0.25) is 15.0 Å². The molecule has 4 heteroatoms. The Hall–Kier alpha value is -1.68. The van der Waals surface area contributed by atoms with Gasteiger partial charge in [0.2, 0.25) is 5.91 Å². The molecule has 1 aromatic rings. The molecule has 1 amide bonds. The van der Waals surface area contributed by atoms with E-state index < -0.39 is 5.91 Å². The van der Waals surface area contributed by atoms with Gasteiger partial charge < -0.3 is 0 Å². The highest BCUT2D eigenvalue weighted by Crippen LogP contribution is 1.94. The average molecular weight is 192 g/mol. The number of aliphatic imine (C=N–C) groups is 1. The van der Waals surface area contributed by atoms with Crippen LogP contribution in [0.2, 0.25) is 0 Å². The Bertz CT molecular complexity index is 309. The maximum absolute atomic E-state index is 10.6. The van der Waals surface area contributed by atoms with Crippen LogP contribution >= 0.6 is 0 Å². The maximum atomic E-state index is 10.6. The molecule has 0 aliphatic carbocycles. The molecule has 0 unspecified atom stereocenters. The minimum absolute atomic E-state index is 0.194. The summed E-state index contributed by atoms with van der Waals surface area (Å²) in [7, 11) is 0. The summed E-state index contributed by atoms with van der Waals surface area (Å²) in [5.41, 5.74) is 2.55. The standard InChI is InChI=1S/C10H12N2O2/c13-10(12-14)6-7-11-8-9-4-2-1-3-5-9/h1-5,8,14H,6-7H2,(H,12,13). The average Bonchev–Trinajstić information content (AvgIpc) is 2.25. The quantitative estimate of drug-likeness (QED) is 0.424. The summed E-state index contributed by atoms with van der Waals surface area (Å²) in [6.45, 7) is 0.376. The number of nitrogens with one attached hydrogen (secondary N) is 1. The predicted molar refractivity (Wildman–Crippen MR) is 53.4 cm³/mol. The summed E-state index contributed by atoms with van der Waals surface area (Å²) in [6.07, 6.45) is 1.89. The second-order valence-corrected chi connectivity index (χ2v) is 2.73. The molecule has 0 bridgehead atoms. The highest BCUT2D eigenvalue weighted by Gasteiger charge is 1.94. The number of nitrogens with zero attached hydrogens (tertiary/aromatic N) is 1. The van der Waals surface area contributed by atoms with Crippen LogP contribution in [-0.4, -0.2) is 23.9 Å². The molecule has 4 nitrogen and oxygen atoms in total. The zero-order valence-electron chi connectivity index (χ0n) is 7.68. The molecule has 74 valence electrons.